The van der Waals surface area contributed by atoms with Crippen molar-refractivity contribution >= 4 is 21.9 Å². The van der Waals surface area contributed by atoms with Gasteiger partial charge < -0.3 is 0 Å². The molecule has 8 aromatic carbocycles. The summed E-state index contributed by atoms with van der Waals surface area (Å²) < 4.78 is 2.26. The van der Waals surface area contributed by atoms with E-state index in [1.54, 1.807) is 0 Å². The van der Waals surface area contributed by atoms with Crippen LogP contribution in [-0.4, -0.2) is 19.5 Å². The molecule has 0 aliphatic rings. The van der Waals surface area contributed by atoms with Crippen LogP contribution in [-0.2, 0) is 0 Å². The van der Waals surface area contributed by atoms with Gasteiger partial charge in [0.2, 0.25) is 0 Å². The Kier molecular flexibility index (Phi) is 9.14. The van der Waals surface area contributed by atoms with Crippen LogP contribution in [0.5, 0.6) is 0 Å². The SMILES string of the molecule is c1ccc(-c2cc(-c3ccccc3)nc(-c3cccc(-c4cccc(-c5cccc(-c6nc(-c7ccccc7)nc7c6c6ccccc6n7-c6ccccc6)c5)c4)c3)c2)cc1. The van der Waals surface area contributed by atoms with Crippen molar-refractivity contribution in [2.75, 3.05) is 0 Å². The summed E-state index contributed by atoms with van der Waals surface area (Å²) in [4.78, 5) is 15.9. The minimum atomic E-state index is 0.690. The van der Waals surface area contributed by atoms with Crippen LogP contribution in [0.4, 0.5) is 0 Å². The zero-order valence-electron chi connectivity index (χ0n) is 33.2. The van der Waals surface area contributed by atoms with E-state index in [1.165, 1.54) is 0 Å². The van der Waals surface area contributed by atoms with Gasteiger partial charge in [-0.25, -0.2) is 15.0 Å². The molecule has 0 atom stereocenters. The van der Waals surface area contributed by atoms with Crippen molar-refractivity contribution in [3.05, 3.63) is 231 Å². The second kappa shape index (κ2) is 15.5. The molecular weight excluding hydrogens is 741 g/mol. The number of pyridine rings is 1. The fraction of sp³-hybridized carbons (Fsp3) is 0. The van der Waals surface area contributed by atoms with Gasteiger partial charge in [0.15, 0.2) is 5.82 Å². The van der Waals surface area contributed by atoms with Gasteiger partial charge in [-0.05, 0) is 81.9 Å². The van der Waals surface area contributed by atoms with Crippen molar-refractivity contribution in [3.63, 3.8) is 0 Å². The lowest BCUT2D eigenvalue weighted by Gasteiger charge is -2.13. The van der Waals surface area contributed by atoms with Crippen LogP contribution < -0.4 is 0 Å². The minimum Gasteiger partial charge on any atom is -0.294 e. The molecule has 3 heterocycles. The molecule has 11 rings (SSSR count). The van der Waals surface area contributed by atoms with Crippen LogP contribution in [0, 0.1) is 0 Å². The van der Waals surface area contributed by atoms with Crippen LogP contribution in [0.15, 0.2) is 231 Å². The normalized spacial score (nSPS) is 11.3. The highest BCUT2D eigenvalue weighted by Crippen LogP contribution is 2.40. The molecule has 286 valence electrons. The number of hydrogen-bond donors (Lipinski definition) is 0. The molecule has 4 nitrogen and oxygen atoms in total. The van der Waals surface area contributed by atoms with Gasteiger partial charge in [0, 0.05) is 33.3 Å². The summed E-state index contributed by atoms with van der Waals surface area (Å²) in [6, 6.07) is 80.9. The Hall–Kier alpha value is -8.21. The lowest BCUT2D eigenvalue weighted by Crippen LogP contribution is -1.99. The molecule has 11 aromatic rings. The van der Waals surface area contributed by atoms with E-state index in [9.17, 15) is 0 Å². The number of para-hydroxylation sites is 2. The summed E-state index contributed by atoms with van der Waals surface area (Å²) in [5.41, 5.74) is 16.8. The van der Waals surface area contributed by atoms with E-state index >= 15 is 0 Å². The molecule has 0 spiro atoms. The van der Waals surface area contributed by atoms with Gasteiger partial charge >= 0.3 is 0 Å². The first-order valence-electron chi connectivity index (χ1n) is 20.6. The van der Waals surface area contributed by atoms with Crippen LogP contribution >= 0.6 is 0 Å². The maximum atomic E-state index is 5.36. The van der Waals surface area contributed by atoms with E-state index in [1.807, 2.05) is 30.3 Å². The Balaban J connectivity index is 1.02. The highest BCUT2D eigenvalue weighted by molar-refractivity contribution is 6.14. The Bertz CT molecular complexity index is 3280. The Morgan fingerprint density at radius 1 is 0.295 bits per heavy atom. The smallest absolute Gasteiger partial charge is 0.162 e. The molecule has 0 N–H and O–H groups in total. The largest absolute Gasteiger partial charge is 0.294 e. The molecular formula is C57H38N4. The molecule has 0 radical (unpaired) electrons. The van der Waals surface area contributed by atoms with Crippen molar-refractivity contribution in [1.29, 1.82) is 0 Å². The third-order valence-corrected chi connectivity index (χ3v) is 11.4. The number of fused-ring (bicyclic) bond motifs is 3. The second-order valence-electron chi connectivity index (χ2n) is 15.2. The predicted octanol–water partition coefficient (Wildman–Crippen LogP) is 14.6. The quantitative estimate of drug-likeness (QED) is 0.154. The average Bonchev–Trinajstić information content (AvgIpc) is 3.69. The summed E-state index contributed by atoms with van der Waals surface area (Å²) in [5, 5.41) is 2.14. The summed E-state index contributed by atoms with van der Waals surface area (Å²) in [7, 11) is 0. The summed E-state index contributed by atoms with van der Waals surface area (Å²) >= 11 is 0. The molecule has 0 amide bonds. The highest BCUT2D eigenvalue weighted by Gasteiger charge is 2.21. The van der Waals surface area contributed by atoms with Gasteiger partial charge in [0.05, 0.1) is 28.0 Å². The molecule has 0 saturated carbocycles. The highest BCUT2D eigenvalue weighted by atomic mass is 15.1. The third-order valence-electron chi connectivity index (χ3n) is 11.4. The summed E-state index contributed by atoms with van der Waals surface area (Å²) in [5.74, 6) is 0.690. The standard InChI is InChI=1S/C57H38N4/c1-5-18-39(19-6-1)48-37-51(40-20-7-2-8-21-40)58-52(38-48)46-28-16-26-44(35-46)42-24-15-25-43(34-42)45-27-17-29-47(36-45)55-54-50-32-13-14-33-53(50)61(49-30-11-4-12-31-49)57(54)60-56(59-55)41-22-9-3-10-23-41/h1-38H. The first kappa shape index (κ1) is 35.9. The van der Waals surface area contributed by atoms with Gasteiger partial charge in [-0.1, -0.05) is 182 Å². The molecule has 0 fully saturated rings. The van der Waals surface area contributed by atoms with Gasteiger partial charge in [-0.2, -0.15) is 0 Å². The summed E-state index contributed by atoms with van der Waals surface area (Å²) in [6.07, 6.45) is 0. The number of rotatable bonds is 8. The molecule has 0 aliphatic heterocycles. The van der Waals surface area contributed by atoms with Gasteiger partial charge in [0.25, 0.3) is 0 Å². The van der Waals surface area contributed by atoms with Gasteiger partial charge in [0.1, 0.15) is 5.65 Å². The fourth-order valence-corrected chi connectivity index (χ4v) is 8.43. The first-order chi connectivity index (χ1) is 30.2. The van der Waals surface area contributed by atoms with E-state index in [0.29, 0.717) is 5.82 Å². The number of nitrogens with zero attached hydrogens (tertiary/aromatic N) is 4. The van der Waals surface area contributed by atoms with Crippen LogP contribution in [0.3, 0.4) is 0 Å². The first-order valence-corrected chi connectivity index (χ1v) is 20.6. The van der Waals surface area contributed by atoms with Crippen molar-refractivity contribution in [2.24, 2.45) is 0 Å². The topological polar surface area (TPSA) is 43.6 Å². The Morgan fingerprint density at radius 2 is 0.754 bits per heavy atom. The van der Waals surface area contributed by atoms with Crippen LogP contribution in [0.1, 0.15) is 0 Å². The van der Waals surface area contributed by atoms with Crippen molar-refractivity contribution in [2.45, 2.75) is 0 Å². The predicted molar refractivity (Wildman–Crippen MR) is 252 cm³/mol. The molecule has 0 unspecified atom stereocenters. The number of hydrogen-bond acceptors (Lipinski definition) is 3. The fourth-order valence-electron chi connectivity index (χ4n) is 8.43. The zero-order valence-corrected chi connectivity index (χ0v) is 33.2. The maximum absolute atomic E-state index is 5.36. The van der Waals surface area contributed by atoms with E-state index in [4.69, 9.17) is 15.0 Å². The lowest BCUT2D eigenvalue weighted by atomic mass is 9.95. The third kappa shape index (κ3) is 6.86. The molecule has 0 saturated heterocycles. The van der Waals surface area contributed by atoms with Gasteiger partial charge in [-0.3, -0.25) is 4.57 Å². The second-order valence-corrected chi connectivity index (χ2v) is 15.2. The molecule has 4 heteroatoms. The number of benzene rings is 8. The monoisotopic (exact) mass is 778 g/mol. The van der Waals surface area contributed by atoms with E-state index < -0.39 is 0 Å². The maximum Gasteiger partial charge on any atom is 0.162 e. The zero-order chi connectivity index (χ0) is 40.5. The van der Waals surface area contributed by atoms with Crippen molar-refractivity contribution in [3.8, 4) is 84.2 Å². The van der Waals surface area contributed by atoms with E-state index in [2.05, 4.69) is 205 Å². The van der Waals surface area contributed by atoms with Gasteiger partial charge in [-0.15, -0.1) is 0 Å². The molecule has 0 bridgehead atoms. The van der Waals surface area contributed by atoms with E-state index in [0.717, 1.165) is 100 Å². The molecule has 3 aromatic heterocycles. The number of aromatic nitrogens is 4. The Labute approximate surface area is 354 Å². The molecule has 0 aliphatic carbocycles. The average molecular weight is 779 g/mol. The van der Waals surface area contributed by atoms with Crippen LogP contribution in [0.25, 0.3) is 106 Å². The van der Waals surface area contributed by atoms with Crippen molar-refractivity contribution in [1.82, 2.24) is 19.5 Å². The lowest BCUT2D eigenvalue weighted by molar-refractivity contribution is 1.11. The molecule has 61 heavy (non-hydrogen) atoms. The van der Waals surface area contributed by atoms with Crippen LogP contribution in [0.2, 0.25) is 0 Å². The Morgan fingerprint density at radius 3 is 1.39 bits per heavy atom. The van der Waals surface area contributed by atoms with Crippen molar-refractivity contribution < 1.29 is 0 Å². The minimum absolute atomic E-state index is 0.690. The summed E-state index contributed by atoms with van der Waals surface area (Å²) in [6.45, 7) is 0. The van der Waals surface area contributed by atoms with E-state index in [-0.39, 0.29) is 0 Å².